The van der Waals surface area contributed by atoms with Crippen LogP contribution in [0.4, 0.5) is 5.69 Å². The van der Waals surface area contributed by atoms with E-state index in [4.69, 9.17) is 5.26 Å². The van der Waals surface area contributed by atoms with E-state index in [0.717, 1.165) is 0 Å². The van der Waals surface area contributed by atoms with Crippen LogP contribution < -0.4 is 0 Å². The highest BCUT2D eigenvalue weighted by atomic mass is 16.6. The molecule has 0 fully saturated rings. The lowest BCUT2D eigenvalue weighted by Crippen LogP contribution is -1.99. The van der Waals surface area contributed by atoms with Crippen molar-refractivity contribution in [3.63, 3.8) is 0 Å². The van der Waals surface area contributed by atoms with E-state index in [1.54, 1.807) is 6.07 Å². The summed E-state index contributed by atoms with van der Waals surface area (Å²) in [5.41, 5.74) is -0.0981. The van der Waals surface area contributed by atoms with Crippen LogP contribution in [0.1, 0.15) is 5.82 Å². The molecule has 16 heavy (non-hydrogen) atoms. The van der Waals surface area contributed by atoms with Crippen molar-refractivity contribution in [2.45, 2.75) is 0 Å². The van der Waals surface area contributed by atoms with Crippen molar-refractivity contribution in [1.82, 2.24) is 19.7 Å². The topological polar surface area (TPSA) is 111 Å². The SMILES string of the molecule is N#Cc1ncn(-c2cc([N+](=O)[O-])ccn2)n1. The van der Waals surface area contributed by atoms with E-state index in [0.29, 0.717) is 0 Å². The molecule has 8 nitrogen and oxygen atoms in total. The van der Waals surface area contributed by atoms with Crippen LogP contribution in [-0.2, 0) is 0 Å². The lowest BCUT2D eigenvalue weighted by molar-refractivity contribution is -0.384. The number of hydrogen-bond acceptors (Lipinski definition) is 6. The van der Waals surface area contributed by atoms with Crippen molar-refractivity contribution in [2.24, 2.45) is 0 Å². The average Bonchev–Trinajstić information content (AvgIpc) is 2.77. The maximum absolute atomic E-state index is 10.5. The van der Waals surface area contributed by atoms with Crippen LogP contribution >= 0.6 is 0 Å². The van der Waals surface area contributed by atoms with E-state index >= 15 is 0 Å². The fraction of sp³-hybridized carbons (Fsp3) is 0. The van der Waals surface area contributed by atoms with Gasteiger partial charge in [-0.1, -0.05) is 0 Å². The van der Waals surface area contributed by atoms with Crippen molar-refractivity contribution in [2.75, 3.05) is 0 Å². The van der Waals surface area contributed by atoms with Gasteiger partial charge in [-0.15, -0.1) is 5.10 Å². The Morgan fingerprint density at radius 3 is 2.94 bits per heavy atom. The molecule has 2 heterocycles. The Hall–Kier alpha value is -2.82. The Balaban J connectivity index is 2.44. The lowest BCUT2D eigenvalue weighted by atomic mass is 10.4. The number of nitro groups is 1. The van der Waals surface area contributed by atoms with Crippen molar-refractivity contribution < 1.29 is 4.92 Å². The van der Waals surface area contributed by atoms with Crippen LogP contribution in [0.25, 0.3) is 5.82 Å². The Bertz CT molecular complexity index is 584. The Labute approximate surface area is 88.9 Å². The zero-order valence-corrected chi connectivity index (χ0v) is 7.81. The summed E-state index contributed by atoms with van der Waals surface area (Å²) in [6.45, 7) is 0. The normalized spacial score (nSPS) is 9.69. The minimum atomic E-state index is -0.534. The van der Waals surface area contributed by atoms with Crippen molar-refractivity contribution >= 4 is 5.69 Å². The van der Waals surface area contributed by atoms with E-state index in [1.807, 2.05) is 0 Å². The Kier molecular flexibility index (Phi) is 2.27. The van der Waals surface area contributed by atoms with Gasteiger partial charge in [-0.25, -0.2) is 14.6 Å². The molecule has 2 aromatic heterocycles. The Morgan fingerprint density at radius 2 is 2.31 bits per heavy atom. The lowest BCUT2D eigenvalue weighted by Gasteiger charge is -1.97. The summed E-state index contributed by atoms with van der Waals surface area (Å²) in [6, 6.07) is 4.27. The first-order chi connectivity index (χ1) is 7.70. The predicted octanol–water partition coefficient (Wildman–Crippen LogP) is 0.442. The van der Waals surface area contributed by atoms with E-state index in [-0.39, 0.29) is 17.3 Å². The highest BCUT2D eigenvalue weighted by Crippen LogP contribution is 2.12. The molecule has 0 spiro atoms. The first kappa shape index (κ1) is 9.72. The fourth-order valence-corrected chi connectivity index (χ4v) is 1.07. The minimum absolute atomic E-state index is 0.0201. The van der Waals surface area contributed by atoms with Gasteiger partial charge < -0.3 is 0 Å². The smallest absolute Gasteiger partial charge is 0.258 e. The number of nitriles is 1. The van der Waals surface area contributed by atoms with Crippen molar-refractivity contribution in [3.05, 3.63) is 40.6 Å². The average molecular weight is 216 g/mol. The van der Waals surface area contributed by atoms with Crippen LogP contribution in [-0.4, -0.2) is 24.7 Å². The van der Waals surface area contributed by atoms with Gasteiger partial charge in [-0.2, -0.15) is 5.26 Å². The molecule has 0 atom stereocenters. The second-order valence-electron chi connectivity index (χ2n) is 2.75. The molecule has 0 saturated carbocycles. The first-order valence-corrected chi connectivity index (χ1v) is 4.13. The summed E-state index contributed by atoms with van der Waals surface area (Å²) in [5, 5.41) is 22.8. The second kappa shape index (κ2) is 3.74. The van der Waals surface area contributed by atoms with E-state index in [1.165, 1.54) is 29.3 Å². The number of aromatic nitrogens is 4. The van der Waals surface area contributed by atoms with Gasteiger partial charge in [0, 0.05) is 12.3 Å². The molecular weight excluding hydrogens is 212 g/mol. The van der Waals surface area contributed by atoms with E-state index < -0.39 is 4.92 Å². The minimum Gasteiger partial charge on any atom is -0.258 e. The molecular formula is C8H4N6O2. The quantitative estimate of drug-likeness (QED) is 0.532. The summed E-state index contributed by atoms with van der Waals surface area (Å²) >= 11 is 0. The van der Waals surface area contributed by atoms with Gasteiger partial charge in [0.05, 0.1) is 11.0 Å². The highest BCUT2D eigenvalue weighted by molar-refractivity contribution is 5.36. The molecule has 0 bridgehead atoms. The standard InChI is InChI=1S/C8H4N6O2/c9-4-7-11-5-13(12-7)8-3-6(14(15)16)1-2-10-8/h1-3,5H. The van der Waals surface area contributed by atoms with Crippen molar-refractivity contribution in [1.29, 1.82) is 5.26 Å². The fourth-order valence-electron chi connectivity index (χ4n) is 1.07. The summed E-state index contributed by atoms with van der Waals surface area (Å²) in [5.74, 6) is 0.219. The zero-order chi connectivity index (χ0) is 11.5. The monoisotopic (exact) mass is 216 g/mol. The molecule has 0 N–H and O–H groups in total. The number of nitrogens with zero attached hydrogens (tertiary/aromatic N) is 6. The Morgan fingerprint density at radius 1 is 1.50 bits per heavy atom. The molecule has 0 aliphatic heterocycles. The first-order valence-electron chi connectivity index (χ1n) is 4.13. The third kappa shape index (κ3) is 1.69. The third-order valence-electron chi connectivity index (χ3n) is 1.77. The van der Waals surface area contributed by atoms with Gasteiger partial charge in [0.15, 0.2) is 5.82 Å². The summed E-state index contributed by atoms with van der Waals surface area (Å²) < 4.78 is 1.20. The molecule has 0 radical (unpaired) electrons. The largest absolute Gasteiger partial charge is 0.274 e. The van der Waals surface area contributed by atoms with Gasteiger partial charge in [0.25, 0.3) is 11.5 Å². The molecule has 8 heteroatoms. The van der Waals surface area contributed by atoms with Crippen molar-refractivity contribution in [3.8, 4) is 11.9 Å². The van der Waals surface area contributed by atoms with Gasteiger partial charge in [0.2, 0.25) is 0 Å². The molecule has 2 aromatic rings. The molecule has 0 aliphatic rings. The summed E-state index contributed by atoms with van der Waals surface area (Å²) in [7, 11) is 0. The molecule has 0 aliphatic carbocycles. The summed E-state index contributed by atoms with van der Waals surface area (Å²) in [4.78, 5) is 17.5. The van der Waals surface area contributed by atoms with E-state index in [2.05, 4.69) is 15.1 Å². The summed E-state index contributed by atoms with van der Waals surface area (Å²) in [6.07, 6.45) is 2.56. The van der Waals surface area contributed by atoms with Crippen LogP contribution in [0.3, 0.4) is 0 Å². The molecule has 78 valence electrons. The van der Waals surface area contributed by atoms with E-state index in [9.17, 15) is 10.1 Å². The van der Waals surface area contributed by atoms with Crippen LogP contribution in [0.2, 0.25) is 0 Å². The second-order valence-corrected chi connectivity index (χ2v) is 2.75. The molecule has 0 unspecified atom stereocenters. The molecule has 0 saturated heterocycles. The third-order valence-corrected chi connectivity index (χ3v) is 1.77. The number of hydrogen-bond donors (Lipinski definition) is 0. The maximum Gasteiger partial charge on any atom is 0.274 e. The van der Waals surface area contributed by atoms with Crippen LogP contribution in [0, 0.1) is 21.4 Å². The van der Waals surface area contributed by atoms with Crippen LogP contribution in [0.15, 0.2) is 24.7 Å². The van der Waals surface area contributed by atoms with Gasteiger partial charge in [-0.3, -0.25) is 10.1 Å². The maximum atomic E-state index is 10.5. The van der Waals surface area contributed by atoms with Gasteiger partial charge in [0.1, 0.15) is 12.4 Å². The molecule has 0 aromatic carbocycles. The molecule has 2 rings (SSSR count). The van der Waals surface area contributed by atoms with Gasteiger partial charge in [-0.05, 0) is 0 Å². The highest BCUT2D eigenvalue weighted by Gasteiger charge is 2.09. The van der Waals surface area contributed by atoms with Crippen LogP contribution in [0.5, 0.6) is 0 Å². The predicted molar refractivity (Wildman–Crippen MR) is 50.5 cm³/mol. The number of pyridine rings is 1. The van der Waals surface area contributed by atoms with Gasteiger partial charge >= 0.3 is 0 Å². The number of rotatable bonds is 2. The zero-order valence-electron chi connectivity index (χ0n) is 7.81. The molecule has 0 amide bonds.